The van der Waals surface area contributed by atoms with Gasteiger partial charge in [-0.1, -0.05) is 26.0 Å². The number of anilines is 1. The molecule has 2 rings (SSSR count). The fourth-order valence-electron chi connectivity index (χ4n) is 1.96. The molecule has 21 heavy (non-hydrogen) atoms. The molecule has 0 fully saturated rings. The van der Waals surface area contributed by atoms with E-state index in [1.54, 1.807) is 24.3 Å². The third-order valence-corrected chi connectivity index (χ3v) is 2.92. The number of benzene rings is 1. The Labute approximate surface area is 122 Å². The van der Waals surface area contributed by atoms with Crippen molar-refractivity contribution >= 4 is 11.7 Å². The summed E-state index contributed by atoms with van der Waals surface area (Å²) in [5.41, 5.74) is 8.86. The molecule has 0 saturated heterocycles. The molecular weight excluding hydrogens is 270 g/mol. The van der Waals surface area contributed by atoms with Gasteiger partial charge in [-0.15, -0.1) is 0 Å². The van der Waals surface area contributed by atoms with Crippen LogP contribution in [0, 0.1) is 0 Å². The highest BCUT2D eigenvalue weighted by atomic mass is 16.5. The molecule has 1 heterocycles. The van der Waals surface area contributed by atoms with Crippen molar-refractivity contribution in [3.05, 3.63) is 41.7 Å². The van der Waals surface area contributed by atoms with Crippen molar-refractivity contribution < 1.29 is 9.53 Å². The number of nitrogens with one attached hydrogen (secondary N) is 1. The second-order valence-electron chi connectivity index (χ2n) is 4.70. The normalized spacial score (nSPS) is 10.5. The zero-order chi connectivity index (χ0) is 15.4. The molecule has 0 aliphatic heterocycles. The third kappa shape index (κ3) is 3.09. The van der Waals surface area contributed by atoms with E-state index in [2.05, 4.69) is 15.4 Å². The first-order chi connectivity index (χ1) is 10.0. The minimum Gasteiger partial charge on any atom is -0.438 e. The molecule has 7 nitrogen and oxygen atoms in total. The van der Waals surface area contributed by atoms with Crippen LogP contribution in [0.4, 0.5) is 5.82 Å². The van der Waals surface area contributed by atoms with Crippen LogP contribution in [-0.2, 0) is 0 Å². The number of para-hydroxylation sites is 1. The Hall–Kier alpha value is -2.67. The van der Waals surface area contributed by atoms with E-state index in [1.807, 2.05) is 13.8 Å². The SMILES string of the molecule is CC(C)c1c(NN)ncnc1Oc1ccccc1C(N)=O. The van der Waals surface area contributed by atoms with Crippen molar-refractivity contribution in [1.82, 2.24) is 9.97 Å². The lowest BCUT2D eigenvalue weighted by molar-refractivity contribution is 0.0998. The van der Waals surface area contributed by atoms with Crippen LogP contribution >= 0.6 is 0 Å². The standard InChI is InChI=1S/C14H17N5O2/c1-8(2)11-13(19-16)17-7-18-14(11)21-10-6-4-3-5-9(10)12(15)20/h3-8H,16H2,1-2H3,(H2,15,20)(H,17,18,19). The largest absolute Gasteiger partial charge is 0.438 e. The van der Waals surface area contributed by atoms with E-state index in [0.717, 1.165) is 5.56 Å². The molecule has 1 aromatic carbocycles. The Balaban J connectivity index is 2.48. The quantitative estimate of drug-likeness (QED) is 0.570. The van der Waals surface area contributed by atoms with Crippen molar-refractivity contribution in [3.8, 4) is 11.6 Å². The van der Waals surface area contributed by atoms with Crippen molar-refractivity contribution in [1.29, 1.82) is 0 Å². The van der Waals surface area contributed by atoms with E-state index < -0.39 is 5.91 Å². The molecule has 0 saturated carbocycles. The zero-order valence-corrected chi connectivity index (χ0v) is 11.8. The van der Waals surface area contributed by atoms with Gasteiger partial charge in [0, 0.05) is 0 Å². The van der Waals surface area contributed by atoms with Crippen LogP contribution in [0.5, 0.6) is 11.6 Å². The highest BCUT2D eigenvalue weighted by Gasteiger charge is 2.18. The first-order valence-corrected chi connectivity index (χ1v) is 6.42. The summed E-state index contributed by atoms with van der Waals surface area (Å²) < 4.78 is 5.76. The molecule has 0 bridgehead atoms. The number of nitrogens with two attached hydrogens (primary N) is 2. The Morgan fingerprint density at radius 2 is 2.00 bits per heavy atom. The molecule has 5 N–H and O–H groups in total. The maximum atomic E-state index is 11.4. The Bertz CT molecular complexity index is 658. The number of amides is 1. The molecule has 0 radical (unpaired) electrons. The molecule has 1 aromatic heterocycles. The number of primary amides is 1. The van der Waals surface area contributed by atoms with Crippen LogP contribution < -0.4 is 21.7 Å². The zero-order valence-electron chi connectivity index (χ0n) is 11.8. The van der Waals surface area contributed by atoms with Gasteiger partial charge >= 0.3 is 0 Å². The predicted octanol–water partition coefficient (Wildman–Crippen LogP) is 1.78. The average molecular weight is 287 g/mol. The molecule has 2 aromatic rings. The first kappa shape index (κ1) is 14.7. The van der Waals surface area contributed by atoms with Crippen LogP contribution in [0.15, 0.2) is 30.6 Å². The molecule has 7 heteroatoms. The van der Waals surface area contributed by atoms with Gasteiger partial charge < -0.3 is 15.9 Å². The number of ether oxygens (including phenoxy) is 1. The van der Waals surface area contributed by atoms with E-state index in [-0.39, 0.29) is 11.5 Å². The van der Waals surface area contributed by atoms with Gasteiger partial charge in [0.15, 0.2) is 5.82 Å². The van der Waals surface area contributed by atoms with Gasteiger partial charge in [-0.05, 0) is 18.1 Å². The van der Waals surface area contributed by atoms with Crippen LogP contribution in [0.1, 0.15) is 35.7 Å². The van der Waals surface area contributed by atoms with Crippen molar-refractivity contribution in [2.24, 2.45) is 11.6 Å². The summed E-state index contributed by atoms with van der Waals surface area (Å²) in [6.45, 7) is 3.93. The molecule has 110 valence electrons. The Kier molecular flexibility index (Phi) is 4.34. The van der Waals surface area contributed by atoms with Crippen LogP contribution in [0.2, 0.25) is 0 Å². The highest BCUT2D eigenvalue weighted by Crippen LogP contribution is 2.33. The molecule has 0 unspecified atom stereocenters. The van der Waals surface area contributed by atoms with Gasteiger partial charge in [-0.25, -0.2) is 15.8 Å². The van der Waals surface area contributed by atoms with E-state index >= 15 is 0 Å². The second-order valence-corrected chi connectivity index (χ2v) is 4.70. The smallest absolute Gasteiger partial charge is 0.252 e. The monoisotopic (exact) mass is 287 g/mol. The van der Waals surface area contributed by atoms with Gasteiger partial charge in [-0.2, -0.15) is 0 Å². The summed E-state index contributed by atoms with van der Waals surface area (Å²) in [5.74, 6) is 6.12. The fraction of sp³-hybridized carbons (Fsp3) is 0.214. The Morgan fingerprint density at radius 3 is 2.62 bits per heavy atom. The van der Waals surface area contributed by atoms with Crippen LogP contribution in [-0.4, -0.2) is 15.9 Å². The van der Waals surface area contributed by atoms with Crippen LogP contribution in [0.25, 0.3) is 0 Å². The first-order valence-electron chi connectivity index (χ1n) is 6.42. The summed E-state index contributed by atoms with van der Waals surface area (Å²) in [6.07, 6.45) is 1.34. The lowest BCUT2D eigenvalue weighted by Gasteiger charge is -2.16. The number of carbonyl (C=O) groups excluding carboxylic acids is 1. The molecule has 0 aliphatic rings. The molecule has 0 aliphatic carbocycles. The van der Waals surface area contributed by atoms with E-state index in [0.29, 0.717) is 17.4 Å². The lowest BCUT2D eigenvalue weighted by Crippen LogP contribution is -2.14. The van der Waals surface area contributed by atoms with Gasteiger partial charge in [-0.3, -0.25) is 4.79 Å². The van der Waals surface area contributed by atoms with Crippen molar-refractivity contribution in [3.63, 3.8) is 0 Å². The summed E-state index contributed by atoms with van der Waals surface area (Å²) >= 11 is 0. The number of nitrogens with zero attached hydrogens (tertiary/aromatic N) is 2. The maximum Gasteiger partial charge on any atom is 0.252 e. The molecule has 0 spiro atoms. The average Bonchev–Trinajstić information content (AvgIpc) is 2.47. The van der Waals surface area contributed by atoms with Gasteiger partial charge in [0.25, 0.3) is 5.91 Å². The lowest BCUT2D eigenvalue weighted by atomic mass is 10.1. The minimum absolute atomic E-state index is 0.0768. The van der Waals surface area contributed by atoms with E-state index in [9.17, 15) is 4.79 Å². The summed E-state index contributed by atoms with van der Waals surface area (Å²) in [5, 5.41) is 0. The number of aromatic nitrogens is 2. The van der Waals surface area contributed by atoms with Gasteiger partial charge in [0.05, 0.1) is 11.1 Å². The number of rotatable bonds is 5. The maximum absolute atomic E-state index is 11.4. The molecular formula is C14H17N5O2. The second kappa shape index (κ2) is 6.19. The summed E-state index contributed by atoms with van der Waals surface area (Å²) in [7, 11) is 0. The van der Waals surface area contributed by atoms with Gasteiger partial charge in [0.2, 0.25) is 5.88 Å². The minimum atomic E-state index is -0.567. The summed E-state index contributed by atoms with van der Waals surface area (Å²) in [4.78, 5) is 19.6. The summed E-state index contributed by atoms with van der Waals surface area (Å²) in [6, 6.07) is 6.71. The number of hydrogen-bond acceptors (Lipinski definition) is 6. The number of hydrogen-bond donors (Lipinski definition) is 3. The Morgan fingerprint density at radius 1 is 1.29 bits per heavy atom. The topological polar surface area (TPSA) is 116 Å². The highest BCUT2D eigenvalue weighted by molar-refractivity contribution is 5.95. The fourth-order valence-corrected chi connectivity index (χ4v) is 1.96. The molecule has 0 atom stereocenters. The predicted molar refractivity (Wildman–Crippen MR) is 79.0 cm³/mol. The molecule has 1 amide bonds. The number of carbonyl (C=O) groups is 1. The van der Waals surface area contributed by atoms with Crippen molar-refractivity contribution in [2.75, 3.05) is 5.43 Å². The number of hydrazine groups is 1. The van der Waals surface area contributed by atoms with Crippen LogP contribution in [0.3, 0.4) is 0 Å². The van der Waals surface area contributed by atoms with Gasteiger partial charge in [0.1, 0.15) is 12.1 Å². The number of nitrogen functional groups attached to an aromatic ring is 1. The van der Waals surface area contributed by atoms with Crippen molar-refractivity contribution in [2.45, 2.75) is 19.8 Å². The third-order valence-electron chi connectivity index (χ3n) is 2.92. The van der Waals surface area contributed by atoms with E-state index in [1.165, 1.54) is 6.33 Å². The van der Waals surface area contributed by atoms with E-state index in [4.69, 9.17) is 16.3 Å².